The van der Waals surface area contributed by atoms with Gasteiger partial charge < -0.3 is 20.1 Å². The number of esters is 2. The number of ether oxygens (including phenoxy) is 2. The first kappa shape index (κ1) is 32.9. The van der Waals surface area contributed by atoms with Crippen molar-refractivity contribution in [2.75, 3.05) is 23.8 Å². The summed E-state index contributed by atoms with van der Waals surface area (Å²) in [5, 5.41) is 10.8. The first-order valence-corrected chi connectivity index (χ1v) is 16.5. The third-order valence-corrected chi connectivity index (χ3v) is 8.99. The van der Waals surface area contributed by atoms with Crippen molar-refractivity contribution in [2.24, 2.45) is 0 Å². The molecule has 0 spiro atoms. The van der Waals surface area contributed by atoms with Gasteiger partial charge in [0.1, 0.15) is 21.1 Å². The molecule has 5 rings (SSSR count). The fraction of sp³-hybridized carbons (Fsp3) is 0.118. The first-order chi connectivity index (χ1) is 22.2. The average Bonchev–Trinajstić information content (AvgIpc) is 3.66. The highest BCUT2D eigenvalue weighted by Gasteiger charge is 2.25. The smallest absolute Gasteiger partial charge is 0.341 e. The van der Waals surface area contributed by atoms with Gasteiger partial charge in [-0.15, -0.1) is 22.7 Å². The molecule has 0 bridgehead atoms. The van der Waals surface area contributed by atoms with E-state index in [0.717, 1.165) is 11.1 Å². The van der Waals surface area contributed by atoms with Crippen LogP contribution in [0.25, 0.3) is 22.3 Å². The summed E-state index contributed by atoms with van der Waals surface area (Å²) in [4.78, 5) is 52.7. The van der Waals surface area contributed by atoms with E-state index in [2.05, 4.69) is 10.6 Å². The maximum atomic E-state index is 13.4. The molecule has 5 aromatic rings. The highest BCUT2D eigenvalue weighted by atomic mass is 35.5. The van der Waals surface area contributed by atoms with Crippen molar-refractivity contribution in [1.29, 1.82) is 0 Å². The van der Waals surface area contributed by atoms with E-state index in [1.807, 2.05) is 0 Å². The summed E-state index contributed by atoms with van der Waals surface area (Å²) in [5.74, 6) is -2.22. The molecule has 8 nitrogen and oxygen atoms in total. The Hall–Kier alpha value is -4.48. The molecular weight excluding hydrogens is 667 g/mol. The maximum absolute atomic E-state index is 13.4. The van der Waals surface area contributed by atoms with Crippen LogP contribution in [0.1, 0.15) is 55.3 Å². The van der Waals surface area contributed by atoms with E-state index < -0.39 is 23.8 Å². The number of hydrogen-bond donors (Lipinski definition) is 2. The molecule has 0 aliphatic carbocycles. The zero-order valence-corrected chi connectivity index (χ0v) is 27.7. The Labute approximate surface area is 282 Å². The molecule has 0 aliphatic rings. The van der Waals surface area contributed by atoms with Crippen LogP contribution in [-0.4, -0.2) is 37.0 Å². The quantitative estimate of drug-likeness (QED) is 0.141. The van der Waals surface area contributed by atoms with Gasteiger partial charge in [0.15, 0.2) is 0 Å². The van der Waals surface area contributed by atoms with Gasteiger partial charge in [-0.1, -0.05) is 53.5 Å². The summed E-state index contributed by atoms with van der Waals surface area (Å²) in [7, 11) is 0. The molecule has 0 fully saturated rings. The summed E-state index contributed by atoms with van der Waals surface area (Å²) in [6, 6.07) is 20.1. The van der Waals surface area contributed by atoms with Crippen LogP contribution < -0.4 is 10.6 Å². The van der Waals surface area contributed by atoms with Crippen molar-refractivity contribution in [3.63, 3.8) is 0 Å². The molecule has 2 heterocycles. The van der Waals surface area contributed by atoms with Gasteiger partial charge >= 0.3 is 11.9 Å². The second kappa shape index (κ2) is 14.7. The van der Waals surface area contributed by atoms with Crippen LogP contribution >= 0.6 is 45.9 Å². The van der Waals surface area contributed by atoms with Crippen LogP contribution in [0, 0.1) is 0 Å². The predicted octanol–water partition coefficient (Wildman–Crippen LogP) is 9.31. The monoisotopic (exact) mass is 692 g/mol. The molecule has 46 heavy (non-hydrogen) atoms. The molecule has 0 aliphatic heterocycles. The number of carbonyl (C=O) groups excluding carboxylic acids is 4. The summed E-state index contributed by atoms with van der Waals surface area (Å²) in [5.41, 5.74) is 3.46. The molecule has 0 unspecified atom stereocenters. The van der Waals surface area contributed by atoms with Crippen LogP contribution in [0.4, 0.5) is 10.0 Å². The molecule has 12 heteroatoms. The third-order valence-electron chi connectivity index (χ3n) is 6.69. The summed E-state index contributed by atoms with van der Waals surface area (Å²) in [6.07, 6.45) is 0. The molecule has 3 aromatic carbocycles. The molecule has 234 valence electrons. The predicted molar refractivity (Wildman–Crippen MR) is 184 cm³/mol. The Balaban J connectivity index is 1.40. The van der Waals surface area contributed by atoms with Crippen LogP contribution in [0.15, 0.2) is 83.6 Å². The van der Waals surface area contributed by atoms with Crippen LogP contribution in [0.3, 0.4) is 0 Å². The lowest BCUT2D eigenvalue weighted by Crippen LogP contribution is -2.17. The van der Waals surface area contributed by atoms with Gasteiger partial charge in [-0.05, 0) is 67.4 Å². The first-order valence-electron chi connectivity index (χ1n) is 14.0. The molecule has 0 saturated heterocycles. The Morgan fingerprint density at radius 1 is 0.630 bits per heavy atom. The fourth-order valence-electron chi connectivity index (χ4n) is 4.55. The number of amides is 2. The second-order valence-corrected chi connectivity index (χ2v) is 12.3. The Kier molecular flexibility index (Phi) is 10.5. The SMILES string of the molecule is CCOC(=O)c1c(-c2ccc(Cl)cc2)csc1NC(=O)c1cccc(C(=O)Nc2scc(-c3ccc(Cl)cc3)c2C(=O)OCC)c1. The van der Waals surface area contributed by atoms with Gasteiger partial charge in [0.2, 0.25) is 0 Å². The summed E-state index contributed by atoms with van der Waals surface area (Å²) >= 11 is 14.4. The zero-order valence-electron chi connectivity index (χ0n) is 24.5. The molecule has 0 radical (unpaired) electrons. The number of halogens is 2. The van der Waals surface area contributed by atoms with E-state index in [0.29, 0.717) is 31.2 Å². The molecule has 2 aromatic heterocycles. The van der Waals surface area contributed by atoms with Gasteiger partial charge in [0, 0.05) is 43.1 Å². The van der Waals surface area contributed by atoms with Crippen molar-refractivity contribution in [1.82, 2.24) is 0 Å². The lowest BCUT2D eigenvalue weighted by atomic mass is 10.0. The molecule has 2 N–H and O–H groups in total. The summed E-state index contributed by atoms with van der Waals surface area (Å²) < 4.78 is 10.6. The summed E-state index contributed by atoms with van der Waals surface area (Å²) in [6.45, 7) is 3.71. The molecule has 2 amide bonds. The minimum Gasteiger partial charge on any atom is -0.462 e. The number of rotatable bonds is 10. The Bertz CT molecular complexity index is 1780. The van der Waals surface area contributed by atoms with E-state index in [-0.39, 0.29) is 35.5 Å². The highest BCUT2D eigenvalue weighted by Crippen LogP contribution is 2.38. The van der Waals surface area contributed by atoms with E-state index in [4.69, 9.17) is 32.7 Å². The van der Waals surface area contributed by atoms with Crippen LogP contribution in [0.5, 0.6) is 0 Å². The minimum absolute atomic E-state index is 0.155. The normalized spacial score (nSPS) is 10.7. The number of thiophene rings is 2. The van der Waals surface area contributed by atoms with Crippen LogP contribution in [0.2, 0.25) is 10.0 Å². The van der Waals surface area contributed by atoms with E-state index in [1.54, 1.807) is 91.3 Å². The lowest BCUT2D eigenvalue weighted by Gasteiger charge is -2.11. The van der Waals surface area contributed by atoms with E-state index in [1.165, 1.54) is 28.7 Å². The van der Waals surface area contributed by atoms with Gasteiger partial charge in [-0.3, -0.25) is 9.59 Å². The average molecular weight is 694 g/mol. The van der Waals surface area contributed by atoms with Crippen molar-refractivity contribution in [2.45, 2.75) is 13.8 Å². The topological polar surface area (TPSA) is 111 Å². The lowest BCUT2D eigenvalue weighted by molar-refractivity contribution is 0.0519. The molecule has 0 atom stereocenters. The molecular formula is C34H26Cl2N2O6S2. The number of nitrogens with one attached hydrogen (secondary N) is 2. The Morgan fingerprint density at radius 3 is 1.39 bits per heavy atom. The third kappa shape index (κ3) is 7.32. The minimum atomic E-state index is -0.580. The van der Waals surface area contributed by atoms with Crippen LogP contribution in [-0.2, 0) is 9.47 Å². The van der Waals surface area contributed by atoms with Gasteiger partial charge in [-0.25, -0.2) is 9.59 Å². The van der Waals surface area contributed by atoms with Gasteiger partial charge in [0.05, 0.1) is 13.2 Å². The fourth-order valence-corrected chi connectivity index (χ4v) is 6.70. The van der Waals surface area contributed by atoms with Gasteiger partial charge in [0.25, 0.3) is 11.8 Å². The van der Waals surface area contributed by atoms with Crippen molar-refractivity contribution >= 4 is 79.6 Å². The highest BCUT2D eigenvalue weighted by molar-refractivity contribution is 7.15. The number of anilines is 2. The van der Waals surface area contributed by atoms with Gasteiger partial charge in [-0.2, -0.15) is 0 Å². The standard InChI is InChI=1S/C34H26Cl2N2O6S2/c1-3-43-33(41)27-25(19-8-12-23(35)13-9-19)17-45-31(27)37-29(39)21-6-5-7-22(16-21)30(40)38-32-28(34(42)44-4-2)26(18-46-32)20-10-14-24(36)15-11-20/h5-18H,3-4H2,1-2H3,(H,37,39)(H,38,40). The molecule has 0 saturated carbocycles. The van der Waals surface area contributed by atoms with Crippen molar-refractivity contribution in [3.05, 3.63) is 116 Å². The largest absolute Gasteiger partial charge is 0.462 e. The van der Waals surface area contributed by atoms with Crippen molar-refractivity contribution in [3.8, 4) is 22.3 Å². The van der Waals surface area contributed by atoms with E-state index >= 15 is 0 Å². The number of hydrogen-bond acceptors (Lipinski definition) is 8. The zero-order chi connectivity index (χ0) is 32.8. The maximum Gasteiger partial charge on any atom is 0.341 e. The van der Waals surface area contributed by atoms with E-state index in [9.17, 15) is 19.2 Å². The van der Waals surface area contributed by atoms with Crippen molar-refractivity contribution < 1.29 is 28.7 Å². The Morgan fingerprint density at radius 2 is 1.02 bits per heavy atom. The second-order valence-electron chi connectivity index (χ2n) is 9.65. The number of benzene rings is 3. The number of carbonyl (C=O) groups is 4.